The first-order chi connectivity index (χ1) is 8.61. The topological polar surface area (TPSA) is 56.5 Å². The molecular formula is C12H19ClN2O3. The molecule has 1 saturated heterocycles. The first-order valence-corrected chi connectivity index (χ1v) is 6.61. The van der Waals surface area contributed by atoms with Gasteiger partial charge in [-0.05, 0) is 6.42 Å². The fourth-order valence-electron chi connectivity index (χ4n) is 2.11. The van der Waals surface area contributed by atoms with Crippen LogP contribution in [0.5, 0.6) is 0 Å². The molecule has 0 saturated carbocycles. The van der Waals surface area contributed by atoms with E-state index in [1.54, 1.807) is 4.68 Å². The van der Waals surface area contributed by atoms with Gasteiger partial charge < -0.3 is 14.6 Å². The summed E-state index contributed by atoms with van der Waals surface area (Å²) in [5, 5.41) is 15.0. The zero-order valence-corrected chi connectivity index (χ0v) is 11.5. The van der Waals surface area contributed by atoms with E-state index in [0.717, 1.165) is 17.8 Å². The van der Waals surface area contributed by atoms with Gasteiger partial charge in [0.05, 0.1) is 35.7 Å². The minimum absolute atomic E-state index is 0.294. The molecular weight excluding hydrogens is 256 g/mol. The van der Waals surface area contributed by atoms with Crippen molar-refractivity contribution in [3.8, 4) is 0 Å². The first kappa shape index (κ1) is 13.8. The van der Waals surface area contributed by atoms with E-state index in [4.69, 9.17) is 21.1 Å². The Bertz CT molecular complexity index is 402. The van der Waals surface area contributed by atoms with Crippen molar-refractivity contribution in [1.82, 2.24) is 9.78 Å². The van der Waals surface area contributed by atoms with Gasteiger partial charge in [-0.3, -0.25) is 4.68 Å². The predicted molar refractivity (Wildman–Crippen MR) is 67.6 cm³/mol. The molecule has 1 aromatic rings. The van der Waals surface area contributed by atoms with Crippen LogP contribution < -0.4 is 0 Å². The van der Waals surface area contributed by atoms with Crippen molar-refractivity contribution in [2.75, 3.05) is 13.2 Å². The molecule has 0 aliphatic carbocycles. The zero-order valence-electron chi connectivity index (χ0n) is 10.7. The number of halogens is 1. The van der Waals surface area contributed by atoms with Gasteiger partial charge in [0.1, 0.15) is 0 Å². The lowest BCUT2D eigenvalue weighted by Crippen LogP contribution is -2.21. The number of aliphatic hydroxyl groups excluding tert-OH is 1. The van der Waals surface area contributed by atoms with Gasteiger partial charge in [-0.1, -0.05) is 18.5 Å². The second kappa shape index (κ2) is 6.02. The minimum atomic E-state index is -0.536. The number of nitrogens with zero attached hydrogens (tertiary/aromatic N) is 2. The molecule has 0 bridgehead atoms. The maximum absolute atomic E-state index is 10.0. The summed E-state index contributed by atoms with van der Waals surface area (Å²) in [6, 6.07) is 0. The van der Waals surface area contributed by atoms with Gasteiger partial charge in [0, 0.05) is 19.9 Å². The van der Waals surface area contributed by atoms with Gasteiger partial charge in [-0.2, -0.15) is 5.10 Å². The zero-order chi connectivity index (χ0) is 13.1. The van der Waals surface area contributed by atoms with Crippen LogP contribution in [-0.4, -0.2) is 40.5 Å². The van der Waals surface area contributed by atoms with Gasteiger partial charge in [0.15, 0.2) is 6.29 Å². The van der Waals surface area contributed by atoms with Crippen LogP contribution in [0.1, 0.15) is 24.7 Å². The number of ether oxygens (including phenoxy) is 2. The molecule has 2 rings (SSSR count). The van der Waals surface area contributed by atoms with E-state index in [0.29, 0.717) is 31.1 Å². The van der Waals surface area contributed by atoms with Gasteiger partial charge in [-0.15, -0.1) is 0 Å². The van der Waals surface area contributed by atoms with Crippen LogP contribution in [0.15, 0.2) is 0 Å². The molecule has 2 heterocycles. The number of aromatic nitrogens is 2. The van der Waals surface area contributed by atoms with Crippen molar-refractivity contribution in [3.05, 3.63) is 16.4 Å². The lowest BCUT2D eigenvalue weighted by atomic mass is 10.1. The maximum atomic E-state index is 10.0. The normalized spacial score (nSPS) is 18.4. The van der Waals surface area contributed by atoms with Crippen molar-refractivity contribution in [2.45, 2.75) is 38.6 Å². The smallest absolute Gasteiger partial charge is 0.160 e. The molecule has 0 amide bonds. The van der Waals surface area contributed by atoms with E-state index >= 15 is 0 Å². The summed E-state index contributed by atoms with van der Waals surface area (Å²) in [4.78, 5) is 0. The number of aliphatic hydroxyl groups is 1. The van der Waals surface area contributed by atoms with Crippen LogP contribution in [0.4, 0.5) is 0 Å². The molecule has 1 unspecified atom stereocenters. The molecule has 6 heteroatoms. The Balaban J connectivity index is 1.97. The highest BCUT2D eigenvalue weighted by atomic mass is 35.5. The summed E-state index contributed by atoms with van der Waals surface area (Å²) < 4.78 is 12.4. The highest BCUT2D eigenvalue weighted by Crippen LogP contribution is 2.23. The van der Waals surface area contributed by atoms with Gasteiger partial charge in [0.2, 0.25) is 0 Å². The second-order valence-corrected chi connectivity index (χ2v) is 4.83. The SMILES string of the molecule is CCc1nn(C)c(CC(O)CC2OCCO2)c1Cl. The molecule has 1 aromatic heterocycles. The monoisotopic (exact) mass is 274 g/mol. The third-order valence-corrected chi connectivity index (χ3v) is 3.52. The van der Waals surface area contributed by atoms with Crippen LogP contribution in [-0.2, 0) is 29.4 Å². The minimum Gasteiger partial charge on any atom is -0.393 e. The summed E-state index contributed by atoms with van der Waals surface area (Å²) in [6.07, 6.45) is 0.884. The number of aryl methyl sites for hydroxylation is 2. The molecule has 5 nitrogen and oxygen atoms in total. The van der Waals surface area contributed by atoms with E-state index in [1.807, 2.05) is 14.0 Å². The predicted octanol–water partition coefficient (Wildman–Crippen LogP) is 1.30. The number of rotatable bonds is 5. The van der Waals surface area contributed by atoms with Crippen molar-refractivity contribution in [1.29, 1.82) is 0 Å². The Morgan fingerprint density at radius 2 is 2.17 bits per heavy atom. The Labute approximate surface area is 112 Å². The second-order valence-electron chi connectivity index (χ2n) is 4.45. The van der Waals surface area contributed by atoms with Crippen LogP contribution in [0.2, 0.25) is 5.02 Å². The Morgan fingerprint density at radius 1 is 1.50 bits per heavy atom. The Hall–Kier alpha value is -0.620. The average molecular weight is 275 g/mol. The van der Waals surface area contributed by atoms with Crippen LogP contribution in [0.3, 0.4) is 0 Å². The first-order valence-electron chi connectivity index (χ1n) is 6.23. The van der Waals surface area contributed by atoms with E-state index in [9.17, 15) is 5.11 Å². The lowest BCUT2D eigenvalue weighted by molar-refractivity contribution is -0.0700. The summed E-state index contributed by atoms with van der Waals surface area (Å²) in [5.41, 5.74) is 1.73. The van der Waals surface area contributed by atoms with Crippen LogP contribution in [0, 0.1) is 0 Å². The van der Waals surface area contributed by atoms with Crippen molar-refractivity contribution >= 4 is 11.6 Å². The maximum Gasteiger partial charge on any atom is 0.160 e. The Morgan fingerprint density at radius 3 is 2.72 bits per heavy atom. The molecule has 1 N–H and O–H groups in total. The molecule has 0 radical (unpaired) electrons. The molecule has 102 valence electrons. The summed E-state index contributed by atoms with van der Waals surface area (Å²) in [5.74, 6) is 0. The van der Waals surface area contributed by atoms with Crippen LogP contribution >= 0.6 is 11.6 Å². The molecule has 18 heavy (non-hydrogen) atoms. The van der Waals surface area contributed by atoms with E-state index in [-0.39, 0.29) is 6.29 Å². The summed E-state index contributed by atoms with van der Waals surface area (Å²) in [6.45, 7) is 3.21. The van der Waals surface area contributed by atoms with Gasteiger partial charge in [0.25, 0.3) is 0 Å². The Kier molecular flexibility index (Phi) is 4.61. The van der Waals surface area contributed by atoms with Crippen molar-refractivity contribution in [2.24, 2.45) is 7.05 Å². The summed E-state index contributed by atoms with van der Waals surface area (Å²) >= 11 is 6.23. The van der Waals surface area contributed by atoms with E-state index < -0.39 is 6.10 Å². The summed E-state index contributed by atoms with van der Waals surface area (Å²) in [7, 11) is 1.84. The third-order valence-electron chi connectivity index (χ3n) is 3.09. The quantitative estimate of drug-likeness (QED) is 0.879. The highest BCUT2D eigenvalue weighted by molar-refractivity contribution is 6.31. The lowest BCUT2D eigenvalue weighted by Gasteiger charge is -2.15. The largest absolute Gasteiger partial charge is 0.393 e. The molecule has 1 atom stereocenters. The standard InChI is InChI=1S/C12H19ClN2O3/c1-3-9-12(13)10(15(2)14-9)6-8(16)7-11-17-4-5-18-11/h8,11,16H,3-7H2,1-2H3. The molecule has 1 fully saturated rings. The van der Waals surface area contributed by atoms with E-state index in [1.165, 1.54) is 0 Å². The van der Waals surface area contributed by atoms with Crippen LogP contribution in [0.25, 0.3) is 0 Å². The van der Waals surface area contributed by atoms with Crippen molar-refractivity contribution in [3.63, 3.8) is 0 Å². The molecule has 0 spiro atoms. The van der Waals surface area contributed by atoms with Gasteiger partial charge >= 0.3 is 0 Å². The molecule has 0 aromatic carbocycles. The fraction of sp³-hybridized carbons (Fsp3) is 0.750. The van der Waals surface area contributed by atoms with Crippen molar-refractivity contribution < 1.29 is 14.6 Å². The average Bonchev–Trinajstić information content (AvgIpc) is 2.92. The molecule has 1 aliphatic rings. The van der Waals surface area contributed by atoms with Gasteiger partial charge in [-0.25, -0.2) is 0 Å². The number of hydrogen-bond donors (Lipinski definition) is 1. The number of hydrogen-bond acceptors (Lipinski definition) is 4. The molecule has 1 aliphatic heterocycles. The third kappa shape index (κ3) is 3.03. The van der Waals surface area contributed by atoms with E-state index in [2.05, 4.69) is 5.10 Å². The fourth-order valence-corrected chi connectivity index (χ4v) is 2.48. The highest BCUT2D eigenvalue weighted by Gasteiger charge is 2.22.